The first kappa shape index (κ1) is 19.3. The highest BCUT2D eigenvalue weighted by Gasteiger charge is 2.57. The van der Waals surface area contributed by atoms with Crippen LogP contribution >= 0.6 is 0 Å². The Morgan fingerprint density at radius 2 is 1.83 bits per heavy atom. The second kappa shape index (κ2) is 6.96. The number of hydrogen-bond donors (Lipinski definition) is 0. The molecular weight excluding hydrogens is 352 g/mol. The van der Waals surface area contributed by atoms with E-state index in [1.54, 1.807) is 0 Å². The van der Waals surface area contributed by atoms with Crippen molar-refractivity contribution < 1.29 is 4.79 Å². The fourth-order valence-electron chi connectivity index (χ4n) is 7.96. The van der Waals surface area contributed by atoms with Crippen LogP contribution in [0.25, 0.3) is 5.57 Å². The Morgan fingerprint density at radius 1 is 1.03 bits per heavy atom. The van der Waals surface area contributed by atoms with E-state index < -0.39 is 0 Å². The number of carbonyl (C=O) groups is 1. The summed E-state index contributed by atoms with van der Waals surface area (Å²) in [6, 6.07) is 9.11. The molecule has 0 heterocycles. The van der Waals surface area contributed by atoms with Crippen LogP contribution in [0.15, 0.2) is 42.5 Å². The van der Waals surface area contributed by atoms with Gasteiger partial charge in [-0.25, -0.2) is 0 Å². The molecular formula is C28H36O. The smallest absolute Gasteiger partial charge is 0.155 e. The lowest BCUT2D eigenvalue weighted by Crippen LogP contribution is -2.51. The van der Waals surface area contributed by atoms with Gasteiger partial charge in [-0.3, -0.25) is 4.79 Å². The van der Waals surface area contributed by atoms with Crippen molar-refractivity contribution in [2.75, 3.05) is 0 Å². The molecule has 0 aliphatic heterocycles. The molecule has 0 spiro atoms. The van der Waals surface area contributed by atoms with Crippen LogP contribution in [-0.2, 0) is 11.2 Å². The van der Waals surface area contributed by atoms with Crippen molar-refractivity contribution in [3.05, 3.63) is 53.6 Å². The number of rotatable bonds is 3. The van der Waals surface area contributed by atoms with Crippen LogP contribution in [0.4, 0.5) is 0 Å². The first-order valence-corrected chi connectivity index (χ1v) is 11.9. The van der Waals surface area contributed by atoms with Crippen LogP contribution in [0, 0.1) is 28.6 Å². The Hall–Kier alpha value is -1.63. The van der Waals surface area contributed by atoms with E-state index in [1.165, 1.54) is 55.2 Å². The minimum atomic E-state index is 0.228. The molecule has 4 aliphatic rings. The molecule has 0 unspecified atom stereocenters. The maximum atomic E-state index is 12.3. The van der Waals surface area contributed by atoms with Gasteiger partial charge < -0.3 is 0 Å². The number of carbonyl (C=O) groups excluding carboxylic acids is 1. The molecule has 1 heteroatoms. The van der Waals surface area contributed by atoms with Crippen LogP contribution in [0.5, 0.6) is 0 Å². The lowest BCUT2D eigenvalue weighted by Gasteiger charge is -2.58. The molecule has 0 N–H and O–H groups in total. The van der Waals surface area contributed by atoms with Crippen molar-refractivity contribution in [1.82, 2.24) is 0 Å². The molecule has 154 valence electrons. The minimum absolute atomic E-state index is 0.228. The van der Waals surface area contributed by atoms with Crippen molar-refractivity contribution in [2.45, 2.75) is 78.1 Å². The molecule has 29 heavy (non-hydrogen) atoms. The Bertz CT molecular complexity index is 859. The third-order valence-corrected chi connectivity index (χ3v) is 9.43. The number of fused-ring (bicyclic) bond motifs is 5. The van der Waals surface area contributed by atoms with Crippen molar-refractivity contribution in [1.29, 1.82) is 0 Å². The molecule has 0 radical (unpaired) electrons. The van der Waals surface area contributed by atoms with E-state index in [-0.39, 0.29) is 5.41 Å². The molecule has 0 amide bonds. The average Bonchev–Trinajstić information content (AvgIpc) is 3.10. The first-order chi connectivity index (χ1) is 13.9. The lowest BCUT2D eigenvalue weighted by atomic mass is 9.46. The van der Waals surface area contributed by atoms with E-state index >= 15 is 0 Å². The van der Waals surface area contributed by atoms with E-state index in [0.29, 0.717) is 11.2 Å². The quantitative estimate of drug-likeness (QED) is 0.536. The molecule has 0 bridgehead atoms. The fraction of sp³-hybridized carbons (Fsp3) is 0.607. The zero-order chi connectivity index (χ0) is 20.2. The summed E-state index contributed by atoms with van der Waals surface area (Å²) >= 11 is 0. The number of allylic oxidation sites excluding steroid dienone is 2. The minimum Gasteiger partial charge on any atom is -0.295 e. The zero-order valence-corrected chi connectivity index (χ0v) is 18.3. The van der Waals surface area contributed by atoms with Crippen molar-refractivity contribution in [3.8, 4) is 0 Å². The van der Waals surface area contributed by atoms with Crippen LogP contribution in [0.1, 0.15) is 82.8 Å². The van der Waals surface area contributed by atoms with E-state index in [0.717, 1.165) is 49.0 Å². The third-order valence-electron chi connectivity index (χ3n) is 9.43. The first-order valence-electron chi connectivity index (χ1n) is 11.9. The highest BCUT2D eigenvalue weighted by atomic mass is 16.1. The largest absolute Gasteiger partial charge is 0.295 e. The predicted octanol–water partition coefficient (Wildman–Crippen LogP) is 7.16. The molecule has 5 atom stereocenters. The maximum absolute atomic E-state index is 12.3. The van der Waals surface area contributed by atoms with Crippen LogP contribution in [0.2, 0.25) is 0 Å². The SMILES string of the molecule is C=C(C)c1ccc(C[C@]23CCC(=O)C=C2CC[C@@H]2[C@H]3CC[C@]3(C)CCC[C@@H]23)cc1. The van der Waals surface area contributed by atoms with Gasteiger partial charge >= 0.3 is 0 Å². The van der Waals surface area contributed by atoms with Gasteiger partial charge in [-0.2, -0.15) is 0 Å². The number of ketones is 1. The van der Waals surface area contributed by atoms with E-state index in [1.807, 2.05) is 0 Å². The van der Waals surface area contributed by atoms with Gasteiger partial charge in [0.25, 0.3) is 0 Å². The average molecular weight is 389 g/mol. The van der Waals surface area contributed by atoms with Crippen LogP contribution < -0.4 is 0 Å². The number of hydrogen-bond acceptors (Lipinski definition) is 1. The van der Waals surface area contributed by atoms with Gasteiger partial charge in [0.15, 0.2) is 5.78 Å². The van der Waals surface area contributed by atoms with Gasteiger partial charge in [0.2, 0.25) is 0 Å². The van der Waals surface area contributed by atoms with Crippen LogP contribution in [-0.4, -0.2) is 5.78 Å². The summed E-state index contributed by atoms with van der Waals surface area (Å²) in [5.74, 6) is 2.93. The Labute approximate surface area is 176 Å². The topological polar surface area (TPSA) is 17.1 Å². The summed E-state index contributed by atoms with van der Waals surface area (Å²) in [5.41, 5.74) is 6.13. The normalized spacial score (nSPS) is 38.6. The van der Waals surface area contributed by atoms with Gasteiger partial charge in [0, 0.05) is 6.42 Å². The number of benzene rings is 1. The van der Waals surface area contributed by atoms with Crippen LogP contribution in [0.3, 0.4) is 0 Å². The molecule has 3 fully saturated rings. The van der Waals surface area contributed by atoms with E-state index in [2.05, 4.69) is 50.8 Å². The molecule has 5 rings (SSSR count). The highest BCUT2D eigenvalue weighted by Crippen LogP contribution is 2.66. The second-order valence-electron chi connectivity index (χ2n) is 10.9. The van der Waals surface area contributed by atoms with Crippen molar-refractivity contribution in [3.63, 3.8) is 0 Å². The lowest BCUT2D eigenvalue weighted by molar-refractivity contribution is -0.117. The maximum Gasteiger partial charge on any atom is 0.155 e. The van der Waals surface area contributed by atoms with Gasteiger partial charge in [-0.15, -0.1) is 0 Å². The fourth-order valence-corrected chi connectivity index (χ4v) is 7.96. The molecule has 0 saturated heterocycles. The second-order valence-corrected chi connectivity index (χ2v) is 10.9. The van der Waals surface area contributed by atoms with Gasteiger partial charge in [0.05, 0.1) is 0 Å². The summed E-state index contributed by atoms with van der Waals surface area (Å²) in [5, 5.41) is 0. The van der Waals surface area contributed by atoms with E-state index in [9.17, 15) is 4.79 Å². The van der Waals surface area contributed by atoms with E-state index in [4.69, 9.17) is 0 Å². The third kappa shape index (κ3) is 3.07. The van der Waals surface area contributed by atoms with Crippen molar-refractivity contribution >= 4 is 11.4 Å². The summed E-state index contributed by atoms with van der Waals surface area (Å²) < 4.78 is 0. The molecule has 4 aliphatic carbocycles. The Kier molecular flexibility index (Phi) is 4.64. The van der Waals surface area contributed by atoms with Crippen molar-refractivity contribution in [2.24, 2.45) is 28.6 Å². The zero-order valence-electron chi connectivity index (χ0n) is 18.3. The standard InChI is InChI=1S/C28H36O/c1-19(2)21-8-6-20(7-9-21)18-28-16-12-23(29)17-22(28)10-11-24-25-5-4-14-27(25,3)15-13-26(24)28/h6-9,17,24-26H,1,4-5,10-16,18H2,2-3H3/t24-,25-,26+,27-,28+/m0/s1. The molecule has 3 saturated carbocycles. The van der Waals surface area contributed by atoms with Gasteiger partial charge in [-0.05, 0) is 104 Å². The summed E-state index contributed by atoms with van der Waals surface area (Å²) in [6.07, 6.45) is 14.6. The Morgan fingerprint density at radius 3 is 2.59 bits per heavy atom. The monoisotopic (exact) mass is 388 g/mol. The highest BCUT2D eigenvalue weighted by molar-refractivity contribution is 5.91. The molecule has 0 aromatic heterocycles. The molecule has 1 nitrogen and oxygen atoms in total. The van der Waals surface area contributed by atoms with Gasteiger partial charge in [-0.1, -0.05) is 55.3 Å². The molecule has 1 aromatic carbocycles. The predicted molar refractivity (Wildman–Crippen MR) is 121 cm³/mol. The van der Waals surface area contributed by atoms with Gasteiger partial charge in [0.1, 0.15) is 0 Å². The Balaban J connectivity index is 1.52. The summed E-state index contributed by atoms with van der Waals surface area (Å²) in [6.45, 7) is 8.75. The molecule has 1 aromatic rings. The summed E-state index contributed by atoms with van der Waals surface area (Å²) in [4.78, 5) is 12.3. The summed E-state index contributed by atoms with van der Waals surface area (Å²) in [7, 11) is 0.